The number of hydrogen-bond donors (Lipinski definition) is 3. The molecule has 0 spiro atoms. The number of rotatable bonds is 5. The molecule has 0 radical (unpaired) electrons. The predicted molar refractivity (Wildman–Crippen MR) is 97.3 cm³/mol. The molecule has 2 rings (SSSR count). The van der Waals surface area contributed by atoms with E-state index < -0.39 is 29.7 Å². The minimum atomic E-state index is -0.932. The van der Waals surface area contributed by atoms with Crippen molar-refractivity contribution in [1.29, 1.82) is 0 Å². The first-order valence-electron chi connectivity index (χ1n) is 8.34. The molecule has 0 aliphatic carbocycles. The lowest BCUT2D eigenvalue weighted by atomic mass is 10.0. The van der Waals surface area contributed by atoms with E-state index >= 15 is 0 Å². The molecule has 0 aliphatic heterocycles. The smallest absolute Gasteiger partial charge is 0.338 e. The maximum Gasteiger partial charge on any atom is 0.338 e. The van der Waals surface area contributed by atoms with Crippen LogP contribution < -0.4 is 20.9 Å². The summed E-state index contributed by atoms with van der Waals surface area (Å²) in [7, 11) is 0. The van der Waals surface area contributed by atoms with Gasteiger partial charge >= 0.3 is 6.03 Å². The third kappa shape index (κ3) is 5.95. The maximum atomic E-state index is 13.5. The van der Waals surface area contributed by atoms with E-state index in [4.69, 9.17) is 4.74 Å². The number of hydrazine groups is 1. The molecule has 0 fully saturated rings. The number of benzene rings is 2. The number of halogens is 2. The molecule has 1 atom stereocenters. The van der Waals surface area contributed by atoms with Crippen molar-refractivity contribution in [2.45, 2.75) is 32.8 Å². The molecule has 0 aromatic heterocycles. The number of carbonyl (C=O) groups is 2. The average molecular weight is 377 g/mol. The lowest BCUT2D eigenvalue weighted by Gasteiger charge is -2.16. The number of nitrogens with one attached hydrogen (secondary N) is 3. The van der Waals surface area contributed by atoms with Crippen LogP contribution in [0.1, 0.15) is 32.3 Å². The second kappa shape index (κ2) is 8.98. The third-order valence-corrected chi connectivity index (χ3v) is 3.71. The number of anilines is 1. The third-order valence-electron chi connectivity index (χ3n) is 3.71. The summed E-state index contributed by atoms with van der Waals surface area (Å²) in [4.78, 5) is 23.7. The molecule has 0 heterocycles. The fourth-order valence-electron chi connectivity index (χ4n) is 2.15. The van der Waals surface area contributed by atoms with E-state index in [0.29, 0.717) is 17.7 Å². The second-order valence-electron chi connectivity index (χ2n) is 6.18. The lowest BCUT2D eigenvalue weighted by Crippen LogP contribution is -2.48. The Morgan fingerprint density at radius 1 is 0.963 bits per heavy atom. The highest BCUT2D eigenvalue weighted by atomic mass is 19.1. The fourth-order valence-corrected chi connectivity index (χ4v) is 2.15. The Labute approximate surface area is 155 Å². The van der Waals surface area contributed by atoms with Gasteiger partial charge in [-0.25, -0.2) is 19.0 Å². The molecule has 8 heteroatoms. The van der Waals surface area contributed by atoms with Crippen LogP contribution in [-0.2, 0) is 4.79 Å². The van der Waals surface area contributed by atoms with Crippen LogP contribution >= 0.6 is 0 Å². The van der Waals surface area contributed by atoms with Gasteiger partial charge in [0.05, 0.1) is 5.69 Å². The lowest BCUT2D eigenvalue weighted by molar-refractivity contribution is -0.127. The number of urea groups is 1. The Morgan fingerprint density at radius 2 is 1.63 bits per heavy atom. The Kier molecular flexibility index (Phi) is 6.70. The Balaban J connectivity index is 1.82. The van der Waals surface area contributed by atoms with Crippen LogP contribution in [0.5, 0.6) is 5.75 Å². The molecule has 27 heavy (non-hydrogen) atoms. The summed E-state index contributed by atoms with van der Waals surface area (Å²) >= 11 is 0. The molecule has 0 saturated carbocycles. The summed E-state index contributed by atoms with van der Waals surface area (Å²) in [5.74, 6) is -1.40. The van der Waals surface area contributed by atoms with Crippen molar-refractivity contribution in [2.24, 2.45) is 0 Å². The van der Waals surface area contributed by atoms with Crippen LogP contribution in [-0.4, -0.2) is 18.0 Å². The molecule has 3 N–H and O–H groups in total. The molecule has 2 aromatic carbocycles. The molecule has 3 amide bonds. The van der Waals surface area contributed by atoms with Crippen molar-refractivity contribution in [3.63, 3.8) is 0 Å². The van der Waals surface area contributed by atoms with Gasteiger partial charge in [0.15, 0.2) is 6.10 Å². The van der Waals surface area contributed by atoms with Gasteiger partial charge in [0, 0.05) is 6.07 Å². The monoisotopic (exact) mass is 377 g/mol. The van der Waals surface area contributed by atoms with Gasteiger partial charge in [-0.3, -0.25) is 10.2 Å². The van der Waals surface area contributed by atoms with Crippen molar-refractivity contribution in [3.05, 3.63) is 59.7 Å². The first kappa shape index (κ1) is 20.2. The Morgan fingerprint density at radius 3 is 2.22 bits per heavy atom. The fraction of sp³-hybridized carbons (Fsp3) is 0.263. The predicted octanol–water partition coefficient (Wildman–Crippen LogP) is 3.71. The quantitative estimate of drug-likeness (QED) is 0.695. The van der Waals surface area contributed by atoms with Crippen molar-refractivity contribution >= 4 is 17.6 Å². The zero-order chi connectivity index (χ0) is 20.0. The van der Waals surface area contributed by atoms with Crippen LogP contribution in [0.2, 0.25) is 0 Å². The highest BCUT2D eigenvalue weighted by molar-refractivity contribution is 5.91. The molecule has 0 saturated heterocycles. The summed E-state index contributed by atoms with van der Waals surface area (Å²) in [6.07, 6.45) is -0.877. The highest BCUT2D eigenvalue weighted by Crippen LogP contribution is 2.19. The van der Waals surface area contributed by atoms with E-state index in [1.54, 1.807) is 12.1 Å². The van der Waals surface area contributed by atoms with Crippen molar-refractivity contribution < 1.29 is 23.1 Å². The standard InChI is InChI=1S/C19H21F2N3O3/c1-11(2)13-4-7-15(8-5-13)27-12(3)18(25)23-24-19(26)22-17-9-6-14(20)10-16(17)21/h4-12H,1-3H3,(H,23,25)(H2,22,24,26)/t12-/m0/s1. The van der Waals surface area contributed by atoms with Gasteiger partial charge in [-0.1, -0.05) is 26.0 Å². The Hall–Kier alpha value is -3.16. The maximum absolute atomic E-state index is 13.5. The highest BCUT2D eigenvalue weighted by Gasteiger charge is 2.16. The minimum Gasteiger partial charge on any atom is -0.481 e. The molecule has 2 aromatic rings. The molecule has 0 unspecified atom stereocenters. The van der Waals surface area contributed by atoms with E-state index in [1.807, 2.05) is 12.1 Å². The summed E-state index contributed by atoms with van der Waals surface area (Å²) in [5.41, 5.74) is 5.15. The topological polar surface area (TPSA) is 79.5 Å². The van der Waals surface area contributed by atoms with Gasteiger partial charge in [0.2, 0.25) is 0 Å². The zero-order valence-corrected chi connectivity index (χ0v) is 15.2. The largest absolute Gasteiger partial charge is 0.481 e. The second-order valence-corrected chi connectivity index (χ2v) is 6.18. The average Bonchev–Trinajstić information content (AvgIpc) is 2.62. The van der Waals surface area contributed by atoms with E-state index in [9.17, 15) is 18.4 Å². The first-order valence-corrected chi connectivity index (χ1v) is 8.34. The molecule has 6 nitrogen and oxygen atoms in total. The van der Waals surface area contributed by atoms with Gasteiger partial charge in [0.1, 0.15) is 17.4 Å². The van der Waals surface area contributed by atoms with Crippen LogP contribution in [0.3, 0.4) is 0 Å². The van der Waals surface area contributed by atoms with E-state index in [0.717, 1.165) is 17.7 Å². The zero-order valence-electron chi connectivity index (χ0n) is 15.2. The van der Waals surface area contributed by atoms with Gasteiger partial charge < -0.3 is 10.1 Å². The van der Waals surface area contributed by atoms with E-state index in [2.05, 4.69) is 30.0 Å². The van der Waals surface area contributed by atoms with Crippen LogP contribution in [0.4, 0.5) is 19.3 Å². The SMILES string of the molecule is CC(C)c1ccc(O[C@@H](C)C(=O)NNC(=O)Nc2ccc(F)cc2F)cc1. The van der Waals surface area contributed by atoms with Gasteiger partial charge in [-0.15, -0.1) is 0 Å². The Bertz CT molecular complexity index is 810. The molecule has 0 aliphatic rings. The number of ether oxygens (including phenoxy) is 1. The van der Waals surface area contributed by atoms with Crippen molar-refractivity contribution in [1.82, 2.24) is 10.9 Å². The summed E-state index contributed by atoms with van der Waals surface area (Å²) in [5, 5.41) is 2.15. The van der Waals surface area contributed by atoms with E-state index in [-0.39, 0.29) is 5.69 Å². The number of amides is 3. The van der Waals surface area contributed by atoms with Crippen LogP contribution in [0.25, 0.3) is 0 Å². The van der Waals surface area contributed by atoms with Crippen molar-refractivity contribution in [3.8, 4) is 5.75 Å². The summed E-state index contributed by atoms with van der Waals surface area (Å²) in [6.45, 7) is 5.66. The van der Waals surface area contributed by atoms with Gasteiger partial charge in [-0.05, 0) is 42.7 Å². The molecule has 144 valence electrons. The van der Waals surface area contributed by atoms with Crippen molar-refractivity contribution in [2.75, 3.05) is 5.32 Å². The van der Waals surface area contributed by atoms with Crippen LogP contribution in [0.15, 0.2) is 42.5 Å². The summed E-state index contributed by atoms with van der Waals surface area (Å²) < 4.78 is 31.8. The number of hydrogen-bond acceptors (Lipinski definition) is 3. The van der Waals surface area contributed by atoms with Gasteiger partial charge in [0.25, 0.3) is 5.91 Å². The number of carbonyl (C=O) groups excluding carboxylic acids is 2. The molecular weight excluding hydrogens is 356 g/mol. The minimum absolute atomic E-state index is 0.224. The first-order chi connectivity index (χ1) is 12.8. The van der Waals surface area contributed by atoms with Crippen LogP contribution in [0, 0.1) is 11.6 Å². The summed E-state index contributed by atoms with van der Waals surface area (Å²) in [6, 6.07) is 9.15. The van der Waals surface area contributed by atoms with Gasteiger partial charge in [-0.2, -0.15) is 0 Å². The molecule has 0 bridgehead atoms. The normalized spacial score (nSPS) is 11.6. The molecular formula is C19H21F2N3O3. The van der Waals surface area contributed by atoms with E-state index in [1.165, 1.54) is 6.92 Å².